The lowest BCUT2D eigenvalue weighted by Crippen LogP contribution is -2.45. The van der Waals surface area contributed by atoms with Crippen molar-refractivity contribution in [2.24, 2.45) is 4.99 Å². The first kappa shape index (κ1) is 43.3. The summed E-state index contributed by atoms with van der Waals surface area (Å²) in [4.78, 5) is 5.63. The lowest BCUT2D eigenvalue weighted by atomic mass is 9.95. The Bertz CT molecular complexity index is 4210. The minimum atomic E-state index is -0.434. The molecule has 350 valence electrons. The molecular weight excluding hydrogens is 899 g/mol. The molecule has 5 heteroatoms. The van der Waals surface area contributed by atoms with Gasteiger partial charge in [-0.2, -0.15) is 0 Å². The molecule has 2 atom stereocenters. The average Bonchev–Trinajstić information content (AvgIpc) is 4.02. The van der Waals surface area contributed by atoms with Crippen LogP contribution in [0.4, 0.5) is 0 Å². The van der Waals surface area contributed by atoms with E-state index in [2.05, 4.69) is 293 Å². The second-order valence-corrected chi connectivity index (χ2v) is 19.1. The zero-order chi connectivity index (χ0) is 49.0. The largest absolute Gasteiger partial charge is 0.350 e. The average molecular weight is 948 g/mol. The molecule has 14 rings (SSSR count). The van der Waals surface area contributed by atoms with Crippen molar-refractivity contribution in [1.82, 2.24) is 19.8 Å². The van der Waals surface area contributed by atoms with Gasteiger partial charge in [0.1, 0.15) is 18.2 Å². The Morgan fingerprint density at radius 2 is 0.770 bits per heavy atom. The van der Waals surface area contributed by atoms with Gasteiger partial charge in [-0.3, -0.25) is 5.32 Å². The topological polar surface area (TPSA) is 46.3 Å². The van der Waals surface area contributed by atoms with Crippen LogP contribution in [0.15, 0.2) is 278 Å². The molecule has 5 nitrogen and oxygen atoms in total. The van der Waals surface area contributed by atoms with E-state index in [1.807, 2.05) is 0 Å². The van der Waals surface area contributed by atoms with Crippen LogP contribution in [-0.4, -0.2) is 15.0 Å². The van der Waals surface area contributed by atoms with Crippen LogP contribution < -0.4 is 10.6 Å². The highest BCUT2D eigenvalue weighted by atomic mass is 15.3. The SMILES string of the molecule is c1ccc(-c2ccc(C3=NC(c4ccc(-c5ccccc5)cc4-n4c5ccccc5c5c(-c6cccc7c6c6ccccc6n7-c6ccccc6)cccc54)NC(c4ccc(-c5ccccc5)cc4)N3)cc2)cc1. The predicted octanol–water partition coefficient (Wildman–Crippen LogP) is 16.9. The van der Waals surface area contributed by atoms with Gasteiger partial charge in [0.15, 0.2) is 0 Å². The zero-order valence-electron chi connectivity index (χ0n) is 40.5. The molecule has 0 radical (unpaired) electrons. The van der Waals surface area contributed by atoms with Gasteiger partial charge in [0.2, 0.25) is 0 Å². The fourth-order valence-electron chi connectivity index (χ4n) is 11.4. The first-order chi connectivity index (χ1) is 36.7. The molecule has 74 heavy (non-hydrogen) atoms. The summed E-state index contributed by atoms with van der Waals surface area (Å²) in [6.07, 6.45) is -0.688. The quantitative estimate of drug-likeness (QED) is 0.151. The highest BCUT2D eigenvalue weighted by Crippen LogP contribution is 2.45. The molecule has 0 spiro atoms. The molecule has 0 aliphatic carbocycles. The van der Waals surface area contributed by atoms with Crippen molar-refractivity contribution in [2.45, 2.75) is 12.3 Å². The van der Waals surface area contributed by atoms with Crippen LogP contribution in [0.3, 0.4) is 0 Å². The Kier molecular flexibility index (Phi) is 10.7. The molecule has 2 aromatic heterocycles. The van der Waals surface area contributed by atoms with E-state index in [1.54, 1.807) is 0 Å². The first-order valence-electron chi connectivity index (χ1n) is 25.4. The number of nitrogens with zero attached hydrogens (tertiary/aromatic N) is 3. The van der Waals surface area contributed by atoms with Crippen LogP contribution in [-0.2, 0) is 0 Å². The van der Waals surface area contributed by atoms with Crippen molar-refractivity contribution in [3.8, 4) is 55.9 Å². The van der Waals surface area contributed by atoms with Gasteiger partial charge >= 0.3 is 0 Å². The van der Waals surface area contributed by atoms with E-state index < -0.39 is 6.17 Å². The van der Waals surface area contributed by atoms with Gasteiger partial charge in [-0.15, -0.1) is 0 Å². The molecule has 0 fully saturated rings. The van der Waals surface area contributed by atoms with Gasteiger partial charge in [-0.25, -0.2) is 4.99 Å². The molecule has 0 bridgehead atoms. The predicted molar refractivity (Wildman–Crippen MR) is 308 cm³/mol. The Hall–Kier alpha value is -9.55. The second-order valence-electron chi connectivity index (χ2n) is 19.1. The van der Waals surface area contributed by atoms with Crippen molar-refractivity contribution in [2.75, 3.05) is 0 Å². The van der Waals surface area contributed by atoms with Crippen LogP contribution >= 0.6 is 0 Å². The van der Waals surface area contributed by atoms with Crippen molar-refractivity contribution in [3.05, 3.63) is 290 Å². The number of hydrogen-bond acceptors (Lipinski definition) is 3. The second kappa shape index (κ2) is 18.2. The van der Waals surface area contributed by atoms with Crippen LogP contribution in [0.25, 0.3) is 99.5 Å². The van der Waals surface area contributed by atoms with Gasteiger partial charge < -0.3 is 14.5 Å². The van der Waals surface area contributed by atoms with Gasteiger partial charge in [0, 0.05) is 38.4 Å². The minimum absolute atomic E-state index is 0.254. The maximum atomic E-state index is 5.63. The third-order valence-electron chi connectivity index (χ3n) is 14.9. The Morgan fingerprint density at radius 3 is 1.35 bits per heavy atom. The molecule has 2 N–H and O–H groups in total. The van der Waals surface area contributed by atoms with Crippen LogP contribution in [0.1, 0.15) is 29.0 Å². The van der Waals surface area contributed by atoms with Crippen LogP contribution in [0.5, 0.6) is 0 Å². The van der Waals surface area contributed by atoms with Gasteiger partial charge in [-0.05, 0) is 92.5 Å². The number of nitrogens with one attached hydrogen (secondary N) is 2. The molecule has 11 aromatic carbocycles. The lowest BCUT2D eigenvalue weighted by Gasteiger charge is -2.33. The molecular formula is C69H49N5. The number of aromatic nitrogens is 2. The Morgan fingerprint density at radius 1 is 0.338 bits per heavy atom. The van der Waals surface area contributed by atoms with Crippen molar-refractivity contribution >= 4 is 49.4 Å². The van der Waals surface area contributed by atoms with E-state index in [-0.39, 0.29) is 6.17 Å². The third-order valence-corrected chi connectivity index (χ3v) is 14.9. The summed E-state index contributed by atoms with van der Waals surface area (Å²) in [6.45, 7) is 0. The minimum Gasteiger partial charge on any atom is -0.350 e. The number of benzene rings is 11. The van der Waals surface area contributed by atoms with Gasteiger partial charge in [-0.1, -0.05) is 231 Å². The summed E-state index contributed by atoms with van der Waals surface area (Å²) in [5.74, 6) is 0.829. The van der Waals surface area contributed by atoms with Crippen molar-refractivity contribution in [1.29, 1.82) is 0 Å². The summed E-state index contributed by atoms with van der Waals surface area (Å²) in [6, 6.07) is 98.5. The van der Waals surface area contributed by atoms with E-state index >= 15 is 0 Å². The van der Waals surface area contributed by atoms with Gasteiger partial charge in [0.05, 0.1) is 27.8 Å². The standard InChI is InChI=1S/C69H49N5/c1-5-19-46(20-6-1)49-35-39-51(40-36-49)67-70-68(52-41-37-50(38-42-52)47-21-7-2-8-22-47)72-69(71-67)59-44-43-53(48-23-9-3-10-24-48)45-64(59)74-61-32-16-14-28-58(61)66-56(30-18-34-63(66)74)55-29-17-33-62-65(55)57-27-13-15-31-60(57)73(62)54-25-11-4-12-26-54/h1-45,67,69,71H,(H,70,72). The Balaban J connectivity index is 0.975. The lowest BCUT2D eigenvalue weighted by molar-refractivity contribution is 0.408. The molecule has 1 aliphatic heterocycles. The normalized spacial score (nSPS) is 14.6. The zero-order valence-corrected chi connectivity index (χ0v) is 40.5. The van der Waals surface area contributed by atoms with Crippen molar-refractivity contribution < 1.29 is 0 Å². The number of aliphatic imine (C=N–C) groups is 1. The summed E-state index contributed by atoms with van der Waals surface area (Å²) >= 11 is 0. The fourth-order valence-corrected chi connectivity index (χ4v) is 11.4. The summed E-state index contributed by atoms with van der Waals surface area (Å²) in [5.41, 5.74) is 19.4. The van der Waals surface area contributed by atoms with E-state index in [0.717, 1.165) is 61.6 Å². The number of fused-ring (bicyclic) bond motifs is 6. The Labute approximate surface area is 430 Å². The van der Waals surface area contributed by atoms with Gasteiger partial charge in [0.25, 0.3) is 0 Å². The highest BCUT2D eigenvalue weighted by molar-refractivity contribution is 6.22. The van der Waals surface area contributed by atoms with Crippen molar-refractivity contribution in [3.63, 3.8) is 0 Å². The number of rotatable bonds is 9. The van der Waals surface area contributed by atoms with E-state index in [1.165, 1.54) is 60.4 Å². The summed E-state index contributed by atoms with van der Waals surface area (Å²) in [7, 11) is 0. The number of para-hydroxylation sites is 3. The summed E-state index contributed by atoms with van der Waals surface area (Å²) in [5, 5.41) is 12.7. The monoisotopic (exact) mass is 947 g/mol. The number of hydrogen-bond donors (Lipinski definition) is 2. The molecule has 13 aromatic rings. The summed E-state index contributed by atoms with van der Waals surface area (Å²) < 4.78 is 4.89. The molecule has 3 heterocycles. The first-order valence-corrected chi connectivity index (χ1v) is 25.4. The third kappa shape index (κ3) is 7.49. The maximum Gasteiger partial charge on any atom is 0.131 e. The maximum absolute atomic E-state index is 5.63. The van der Waals surface area contributed by atoms with E-state index in [0.29, 0.717) is 0 Å². The highest BCUT2D eigenvalue weighted by Gasteiger charge is 2.29. The van der Waals surface area contributed by atoms with E-state index in [4.69, 9.17) is 4.99 Å². The molecule has 0 amide bonds. The number of amidine groups is 1. The smallest absolute Gasteiger partial charge is 0.131 e. The van der Waals surface area contributed by atoms with Crippen LogP contribution in [0, 0.1) is 0 Å². The molecule has 1 aliphatic rings. The van der Waals surface area contributed by atoms with E-state index in [9.17, 15) is 0 Å². The fraction of sp³-hybridized carbons (Fsp3) is 0.0290. The molecule has 0 saturated heterocycles. The van der Waals surface area contributed by atoms with Crippen LogP contribution in [0.2, 0.25) is 0 Å². The molecule has 2 unspecified atom stereocenters. The molecule has 0 saturated carbocycles.